The highest BCUT2D eigenvalue weighted by atomic mass is 16.6. The number of hydrogen-bond donors (Lipinski definition) is 0. The van der Waals surface area contributed by atoms with Gasteiger partial charge in [-0.1, -0.05) is 6.58 Å². The van der Waals surface area contributed by atoms with E-state index in [4.69, 9.17) is 0 Å². The molecule has 1 saturated heterocycles. The number of carbonyl (C=O) groups is 2. The molecule has 1 heterocycles. The minimum atomic E-state index is -0.551. The van der Waals surface area contributed by atoms with Gasteiger partial charge in [0.25, 0.3) is 0 Å². The number of ketones is 1. The SMILES string of the molecule is C=CC(=O)[C@@H]1CCC(=O)O1. The number of ether oxygens (including phenoxy) is 1. The summed E-state index contributed by atoms with van der Waals surface area (Å²) in [6.45, 7) is 3.29. The van der Waals surface area contributed by atoms with Gasteiger partial charge in [-0.15, -0.1) is 0 Å². The van der Waals surface area contributed by atoms with Gasteiger partial charge >= 0.3 is 5.97 Å². The van der Waals surface area contributed by atoms with Crippen LogP contribution in [0.4, 0.5) is 0 Å². The lowest BCUT2D eigenvalue weighted by Gasteiger charge is -2.01. The molecule has 3 nitrogen and oxygen atoms in total. The molecule has 1 aliphatic rings. The molecule has 3 heteroatoms. The number of carbonyl (C=O) groups excluding carboxylic acids is 2. The molecule has 0 radical (unpaired) electrons. The van der Waals surface area contributed by atoms with Crippen molar-refractivity contribution in [3.05, 3.63) is 12.7 Å². The molecule has 0 aliphatic carbocycles. The lowest BCUT2D eigenvalue weighted by molar-refractivity contribution is -0.145. The fraction of sp³-hybridized carbons (Fsp3) is 0.429. The Kier molecular flexibility index (Phi) is 1.85. The first kappa shape index (κ1) is 6.99. The second-order valence-corrected chi connectivity index (χ2v) is 2.12. The summed E-state index contributed by atoms with van der Waals surface area (Å²) in [5, 5.41) is 0. The molecule has 1 atom stereocenters. The van der Waals surface area contributed by atoms with Crippen LogP contribution in [0.1, 0.15) is 12.8 Å². The largest absolute Gasteiger partial charge is 0.454 e. The third kappa shape index (κ3) is 1.23. The van der Waals surface area contributed by atoms with Gasteiger partial charge in [-0.3, -0.25) is 9.59 Å². The van der Waals surface area contributed by atoms with Crippen molar-refractivity contribution in [2.45, 2.75) is 18.9 Å². The van der Waals surface area contributed by atoms with Gasteiger partial charge in [-0.2, -0.15) is 0 Å². The third-order valence-electron chi connectivity index (χ3n) is 1.40. The molecule has 54 valence electrons. The molecular weight excluding hydrogens is 132 g/mol. The van der Waals surface area contributed by atoms with Crippen molar-refractivity contribution in [1.29, 1.82) is 0 Å². The Bertz CT molecular complexity index is 183. The minimum Gasteiger partial charge on any atom is -0.454 e. The van der Waals surface area contributed by atoms with Crippen LogP contribution in [0.2, 0.25) is 0 Å². The Labute approximate surface area is 58.7 Å². The first-order valence-corrected chi connectivity index (χ1v) is 3.10. The van der Waals surface area contributed by atoms with Crippen LogP contribution in [-0.4, -0.2) is 17.9 Å². The van der Waals surface area contributed by atoms with E-state index in [2.05, 4.69) is 11.3 Å². The summed E-state index contributed by atoms with van der Waals surface area (Å²) in [6, 6.07) is 0. The van der Waals surface area contributed by atoms with Crippen molar-refractivity contribution in [2.75, 3.05) is 0 Å². The highest BCUT2D eigenvalue weighted by Gasteiger charge is 2.27. The van der Waals surface area contributed by atoms with Crippen LogP contribution in [-0.2, 0) is 14.3 Å². The van der Waals surface area contributed by atoms with Gasteiger partial charge in [-0.25, -0.2) is 0 Å². The smallest absolute Gasteiger partial charge is 0.306 e. The molecule has 0 aromatic heterocycles. The number of rotatable bonds is 2. The number of hydrogen-bond acceptors (Lipinski definition) is 3. The van der Waals surface area contributed by atoms with E-state index in [1.54, 1.807) is 0 Å². The quantitative estimate of drug-likeness (QED) is 0.413. The molecule has 10 heavy (non-hydrogen) atoms. The lowest BCUT2D eigenvalue weighted by Crippen LogP contribution is -2.17. The Hall–Kier alpha value is -1.12. The van der Waals surface area contributed by atoms with Crippen molar-refractivity contribution < 1.29 is 14.3 Å². The maximum absolute atomic E-state index is 10.8. The van der Waals surface area contributed by atoms with Crippen LogP contribution < -0.4 is 0 Å². The van der Waals surface area contributed by atoms with E-state index in [0.717, 1.165) is 0 Å². The first-order valence-electron chi connectivity index (χ1n) is 3.10. The van der Waals surface area contributed by atoms with Crippen molar-refractivity contribution in [3.8, 4) is 0 Å². The number of esters is 1. The first-order chi connectivity index (χ1) is 4.74. The molecule has 0 saturated carbocycles. The zero-order chi connectivity index (χ0) is 7.56. The average Bonchev–Trinajstić information content (AvgIpc) is 2.34. The molecule has 1 fully saturated rings. The molecular formula is C7H8O3. The summed E-state index contributed by atoms with van der Waals surface area (Å²) >= 11 is 0. The van der Waals surface area contributed by atoms with Crippen molar-refractivity contribution >= 4 is 11.8 Å². The summed E-state index contributed by atoms with van der Waals surface area (Å²) in [5.74, 6) is -0.494. The van der Waals surface area contributed by atoms with Crippen molar-refractivity contribution in [2.24, 2.45) is 0 Å². The second-order valence-electron chi connectivity index (χ2n) is 2.12. The fourth-order valence-corrected chi connectivity index (χ4v) is 0.857. The zero-order valence-corrected chi connectivity index (χ0v) is 5.50. The van der Waals surface area contributed by atoms with Crippen LogP contribution in [0, 0.1) is 0 Å². The highest BCUT2D eigenvalue weighted by Crippen LogP contribution is 2.14. The molecule has 0 unspecified atom stereocenters. The van der Waals surface area contributed by atoms with E-state index in [-0.39, 0.29) is 11.8 Å². The minimum absolute atomic E-state index is 0.203. The maximum atomic E-state index is 10.8. The highest BCUT2D eigenvalue weighted by molar-refractivity contribution is 5.95. The Balaban J connectivity index is 2.52. The molecule has 0 spiro atoms. The Morgan fingerprint density at radius 3 is 2.90 bits per heavy atom. The molecule has 0 bridgehead atoms. The normalized spacial score (nSPS) is 24.0. The monoisotopic (exact) mass is 140 g/mol. The van der Waals surface area contributed by atoms with Gasteiger partial charge in [-0.05, 0) is 6.08 Å². The van der Waals surface area contributed by atoms with E-state index < -0.39 is 6.10 Å². The Morgan fingerprint density at radius 2 is 2.50 bits per heavy atom. The molecule has 1 rings (SSSR count). The third-order valence-corrected chi connectivity index (χ3v) is 1.40. The van der Waals surface area contributed by atoms with Crippen LogP contribution in [0.3, 0.4) is 0 Å². The van der Waals surface area contributed by atoms with Crippen LogP contribution in [0.25, 0.3) is 0 Å². The number of cyclic esters (lactones) is 1. The average molecular weight is 140 g/mol. The fourth-order valence-electron chi connectivity index (χ4n) is 0.857. The second kappa shape index (κ2) is 2.64. The van der Waals surface area contributed by atoms with Gasteiger partial charge in [0.15, 0.2) is 11.9 Å². The molecule has 0 amide bonds. The molecule has 0 aromatic carbocycles. The standard InChI is InChI=1S/C7H8O3/c1-2-5(8)6-3-4-7(9)10-6/h2,6H,1,3-4H2/t6-/m0/s1. The molecule has 0 aromatic rings. The van der Waals surface area contributed by atoms with E-state index in [0.29, 0.717) is 12.8 Å². The molecule has 1 aliphatic heterocycles. The predicted octanol–water partition coefficient (Wildman–Crippen LogP) is 0.447. The van der Waals surface area contributed by atoms with Crippen molar-refractivity contribution in [1.82, 2.24) is 0 Å². The predicted molar refractivity (Wildman–Crippen MR) is 34.3 cm³/mol. The van der Waals surface area contributed by atoms with Gasteiger partial charge < -0.3 is 4.74 Å². The van der Waals surface area contributed by atoms with Gasteiger partial charge in [0.2, 0.25) is 0 Å². The van der Waals surface area contributed by atoms with E-state index >= 15 is 0 Å². The van der Waals surface area contributed by atoms with Crippen LogP contribution >= 0.6 is 0 Å². The lowest BCUT2D eigenvalue weighted by atomic mass is 10.2. The van der Waals surface area contributed by atoms with Crippen LogP contribution in [0.5, 0.6) is 0 Å². The van der Waals surface area contributed by atoms with Crippen LogP contribution in [0.15, 0.2) is 12.7 Å². The summed E-state index contributed by atoms with van der Waals surface area (Å²) < 4.78 is 4.65. The topological polar surface area (TPSA) is 43.4 Å². The summed E-state index contributed by atoms with van der Waals surface area (Å²) in [4.78, 5) is 21.2. The van der Waals surface area contributed by atoms with E-state index in [1.807, 2.05) is 0 Å². The zero-order valence-electron chi connectivity index (χ0n) is 5.50. The maximum Gasteiger partial charge on any atom is 0.306 e. The molecule has 0 N–H and O–H groups in total. The summed E-state index contributed by atoms with van der Waals surface area (Å²) in [5.41, 5.74) is 0. The Morgan fingerprint density at radius 1 is 1.80 bits per heavy atom. The van der Waals surface area contributed by atoms with Crippen molar-refractivity contribution in [3.63, 3.8) is 0 Å². The van der Waals surface area contributed by atoms with Gasteiger partial charge in [0, 0.05) is 12.8 Å². The van der Waals surface area contributed by atoms with E-state index in [1.165, 1.54) is 6.08 Å². The summed E-state index contributed by atoms with van der Waals surface area (Å²) in [7, 11) is 0. The summed E-state index contributed by atoms with van der Waals surface area (Å²) in [6.07, 6.45) is 1.49. The van der Waals surface area contributed by atoms with E-state index in [9.17, 15) is 9.59 Å². The van der Waals surface area contributed by atoms with Gasteiger partial charge in [0.05, 0.1) is 0 Å². The van der Waals surface area contributed by atoms with Gasteiger partial charge in [0.1, 0.15) is 0 Å².